The molecule has 4 saturated carbocycles. The number of carbonyl (C=O) groups is 1. The molecule has 24 heavy (non-hydrogen) atoms. The van der Waals surface area contributed by atoms with E-state index < -0.39 is 0 Å². The minimum atomic E-state index is 0.321. The van der Waals surface area contributed by atoms with Crippen LogP contribution < -0.4 is 0 Å². The predicted molar refractivity (Wildman–Crippen MR) is 96.7 cm³/mol. The SMILES string of the molecule is CCC=C1CC[C@H]2[C@@H]3C[C@@H](OC)[C@@H]4CC(=O)CC[C@@H]4[C@H]3CC[C@]12C. The molecule has 0 N–H and O–H groups in total. The van der Waals surface area contributed by atoms with Gasteiger partial charge in [-0.1, -0.05) is 25.5 Å². The topological polar surface area (TPSA) is 26.3 Å². The Morgan fingerprint density at radius 1 is 1.12 bits per heavy atom. The van der Waals surface area contributed by atoms with Crippen molar-refractivity contribution in [3.05, 3.63) is 11.6 Å². The summed E-state index contributed by atoms with van der Waals surface area (Å²) >= 11 is 0. The molecule has 0 aromatic rings. The average molecular weight is 331 g/mol. The van der Waals surface area contributed by atoms with Gasteiger partial charge in [0, 0.05) is 20.0 Å². The minimum absolute atomic E-state index is 0.321. The molecule has 0 unspecified atom stereocenters. The van der Waals surface area contributed by atoms with Crippen molar-refractivity contribution in [3.63, 3.8) is 0 Å². The van der Waals surface area contributed by atoms with E-state index in [1.165, 1.54) is 38.5 Å². The number of hydrogen-bond acceptors (Lipinski definition) is 2. The van der Waals surface area contributed by atoms with Crippen LogP contribution in [0.2, 0.25) is 0 Å². The van der Waals surface area contributed by atoms with Crippen molar-refractivity contribution in [3.8, 4) is 0 Å². The highest BCUT2D eigenvalue weighted by Gasteiger charge is 2.57. The lowest BCUT2D eigenvalue weighted by molar-refractivity contribution is -0.139. The van der Waals surface area contributed by atoms with E-state index in [9.17, 15) is 4.79 Å². The van der Waals surface area contributed by atoms with Crippen molar-refractivity contribution in [2.24, 2.45) is 35.0 Å². The van der Waals surface area contributed by atoms with E-state index in [4.69, 9.17) is 4.74 Å². The molecule has 4 rings (SSSR count). The zero-order valence-electron chi connectivity index (χ0n) is 15.7. The number of allylic oxidation sites excluding steroid dienone is 2. The third kappa shape index (κ3) is 2.43. The van der Waals surface area contributed by atoms with E-state index >= 15 is 0 Å². The molecule has 4 aliphatic rings. The van der Waals surface area contributed by atoms with E-state index in [0.29, 0.717) is 23.2 Å². The summed E-state index contributed by atoms with van der Waals surface area (Å²) in [5.74, 6) is 4.26. The van der Waals surface area contributed by atoms with Crippen molar-refractivity contribution < 1.29 is 9.53 Å². The van der Waals surface area contributed by atoms with Crippen molar-refractivity contribution in [2.75, 3.05) is 7.11 Å². The molecule has 0 saturated heterocycles. The molecule has 0 bridgehead atoms. The molecule has 0 aromatic carbocycles. The molecule has 0 aromatic heterocycles. The molecule has 0 heterocycles. The first-order valence-electron chi connectivity index (χ1n) is 10.3. The van der Waals surface area contributed by atoms with Crippen LogP contribution in [0.15, 0.2) is 11.6 Å². The maximum absolute atomic E-state index is 12.0. The van der Waals surface area contributed by atoms with Crippen LogP contribution in [0.25, 0.3) is 0 Å². The van der Waals surface area contributed by atoms with E-state index in [0.717, 1.165) is 42.9 Å². The normalized spacial score (nSPS) is 49.6. The average Bonchev–Trinajstić information content (AvgIpc) is 2.91. The first-order chi connectivity index (χ1) is 11.6. The third-order valence-electron chi connectivity index (χ3n) is 8.40. The van der Waals surface area contributed by atoms with Crippen LogP contribution in [0.4, 0.5) is 0 Å². The fraction of sp³-hybridized carbons (Fsp3) is 0.864. The second kappa shape index (κ2) is 6.27. The standard InChI is InChI=1S/C22H34O2/c1-4-5-14-6-9-20-18-13-21(24-3)19-12-15(23)7-8-16(19)17(18)10-11-22(14,20)2/h5,16-21H,4,6-13H2,1-3H3/t16-,17-,18-,19-,20+,21-,22-/m1/s1. The van der Waals surface area contributed by atoms with Crippen LogP contribution in [0.3, 0.4) is 0 Å². The highest BCUT2D eigenvalue weighted by Crippen LogP contribution is 2.64. The van der Waals surface area contributed by atoms with Gasteiger partial charge in [-0.25, -0.2) is 0 Å². The quantitative estimate of drug-likeness (QED) is 0.653. The highest BCUT2D eigenvalue weighted by molar-refractivity contribution is 5.79. The molecular weight excluding hydrogens is 296 g/mol. The number of Topliss-reactive ketones (excluding diaryl/α,β-unsaturated/α-hetero) is 1. The van der Waals surface area contributed by atoms with Crippen LogP contribution in [-0.2, 0) is 9.53 Å². The number of methoxy groups -OCH3 is 1. The number of fused-ring (bicyclic) bond motifs is 5. The van der Waals surface area contributed by atoms with Crippen molar-refractivity contribution in [2.45, 2.75) is 77.7 Å². The summed E-state index contributed by atoms with van der Waals surface area (Å²) < 4.78 is 5.95. The number of ketones is 1. The van der Waals surface area contributed by atoms with Gasteiger partial charge in [-0.3, -0.25) is 4.79 Å². The molecule has 7 atom stereocenters. The lowest BCUT2D eigenvalue weighted by atomic mass is 9.49. The molecule has 0 amide bonds. The van der Waals surface area contributed by atoms with Crippen LogP contribution in [0.5, 0.6) is 0 Å². The molecule has 0 radical (unpaired) electrons. The van der Waals surface area contributed by atoms with E-state index in [1.807, 2.05) is 7.11 Å². The Hall–Kier alpha value is -0.630. The fourth-order valence-corrected chi connectivity index (χ4v) is 7.33. The maximum Gasteiger partial charge on any atom is 0.133 e. The predicted octanol–water partition coefficient (Wildman–Crippen LogP) is 5.17. The first kappa shape index (κ1) is 16.8. The van der Waals surface area contributed by atoms with Gasteiger partial charge in [0.15, 0.2) is 0 Å². The van der Waals surface area contributed by atoms with Crippen LogP contribution >= 0.6 is 0 Å². The Morgan fingerprint density at radius 3 is 2.67 bits per heavy atom. The van der Waals surface area contributed by atoms with Gasteiger partial charge in [0.25, 0.3) is 0 Å². The number of hydrogen-bond donors (Lipinski definition) is 0. The van der Waals surface area contributed by atoms with Gasteiger partial charge >= 0.3 is 0 Å². The van der Waals surface area contributed by atoms with Gasteiger partial charge in [0.05, 0.1) is 6.10 Å². The van der Waals surface area contributed by atoms with Gasteiger partial charge in [0.1, 0.15) is 5.78 Å². The highest BCUT2D eigenvalue weighted by atomic mass is 16.5. The lowest BCUT2D eigenvalue weighted by Gasteiger charge is -2.56. The van der Waals surface area contributed by atoms with Crippen molar-refractivity contribution in [1.82, 2.24) is 0 Å². The van der Waals surface area contributed by atoms with Gasteiger partial charge in [0.2, 0.25) is 0 Å². The number of carbonyl (C=O) groups excluding carboxylic acids is 1. The fourth-order valence-electron chi connectivity index (χ4n) is 7.33. The van der Waals surface area contributed by atoms with Crippen LogP contribution in [0, 0.1) is 35.0 Å². The Kier molecular flexibility index (Phi) is 4.39. The van der Waals surface area contributed by atoms with E-state index in [1.54, 1.807) is 5.57 Å². The summed E-state index contributed by atoms with van der Waals surface area (Å²) in [6.07, 6.45) is 13.4. The molecule has 4 aliphatic carbocycles. The summed E-state index contributed by atoms with van der Waals surface area (Å²) in [6, 6.07) is 0. The summed E-state index contributed by atoms with van der Waals surface area (Å²) in [7, 11) is 1.88. The minimum Gasteiger partial charge on any atom is -0.381 e. The van der Waals surface area contributed by atoms with Gasteiger partial charge in [-0.05, 0) is 80.0 Å². The Morgan fingerprint density at radius 2 is 1.92 bits per heavy atom. The molecule has 0 aliphatic heterocycles. The Balaban J connectivity index is 1.63. The molecule has 4 fully saturated rings. The zero-order valence-corrected chi connectivity index (χ0v) is 15.7. The van der Waals surface area contributed by atoms with Crippen molar-refractivity contribution in [1.29, 1.82) is 0 Å². The van der Waals surface area contributed by atoms with Crippen molar-refractivity contribution >= 4 is 5.78 Å². The Labute approximate surface area is 147 Å². The zero-order chi connectivity index (χ0) is 16.9. The molecule has 2 heteroatoms. The summed E-state index contributed by atoms with van der Waals surface area (Å²) in [6.45, 7) is 4.83. The largest absolute Gasteiger partial charge is 0.381 e. The number of ether oxygens (including phenoxy) is 1. The molecular formula is C22H34O2. The second-order valence-corrected chi connectivity index (χ2v) is 9.19. The Bertz CT molecular complexity index is 536. The van der Waals surface area contributed by atoms with Crippen LogP contribution in [-0.4, -0.2) is 19.0 Å². The van der Waals surface area contributed by atoms with Crippen LogP contribution in [0.1, 0.15) is 71.6 Å². The monoisotopic (exact) mass is 330 g/mol. The van der Waals surface area contributed by atoms with Gasteiger partial charge in [-0.2, -0.15) is 0 Å². The third-order valence-corrected chi connectivity index (χ3v) is 8.40. The lowest BCUT2D eigenvalue weighted by Crippen LogP contribution is -2.52. The summed E-state index contributed by atoms with van der Waals surface area (Å²) in [5, 5.41) is 0. The summed E-state index contributed by atoms with van der Waals surface area (Å²) in [4.78, 5) is 12.0. The van der Waals surface area contributed by atoms with Gasteiger partial charge < -0.3 is 4.74 Å². The smallest absolute Gasteiger partial charge is 0.133 e. The second-order valence-electron chi connectivity index (χ2n) is 9.19. The van der Waals surface area contributed by atoms with E-state index in [2.05, 4.69) is 19.9 Å². The summed E-state index contributed by atoms with van der Waals surface area (Å²) in [5.41, 5.74) is 2.20. The first-order valence-corrected chi connectivity index (χ1v) is 10.3. The van der Waals surface area contributed by atoms with E-state index in [-0.39, 0.29) is 0 Å². The molecule has 134 valence electrons. The van der Waals surface area contributed by atoms with Gasteiger partial charge in [-0.15, -0.1) is 0 Å². The molecule has 0 spiro atoms. The molecule has 2 nitrogen and oxygen atoms in total. The number of rotatable bonds is 2. The maximum atomic E-state index is 12.0.